The first-order valence-corrected chi connectivity index (χ1v) is 5.51. The van der Waals surface area contributed by atoms with Crippen molar-refractivity contribution >= 4 is 21.6 Å². The zero-order valence-corrected chi connectivity index (χ0v) is 10.1. The van der Waals surface area contributed by atoms with Crippen LogP contribution in [0.15, 0.2) is 10.9 Å². The second kappa shape index (κ2) is 3.38. The average molecular weight is 223 g/mol. The van der Waals surface area contributed by atoms with Crippen molar-refractivity contribution in [3.63, 3.8) is 0 Å². The van der Waals surface area contributed by atoms with Gasteiger partial charge < -0.3 is 9.30 Å². The summed E-state index contributed by atoms with van der Waals surface area (Å²) in [6.07, 6.45) is 0. The monoisotopic (exact) mass is 223 g/mol. The minimum absolute atomic E-state index is 0.0736. The Morgan fingerprint density at radius 2 is 2.07 bits per heavy atom. The van der Waals surface area contributed by atoms with Crippen molar-refractivity contribution in [2.24, 2.45) is 7.05 Å². The molecule has 0 N–H and O–H groups in total. The molecule has 1 heterocycles. The number of thiazole rings is 1. The predicted molar refractivity (Wildman–Crippen MR) is 63.1 cm³/mol. The SMILES string of the molecule is COc1cc(C)c2c(sc(=O)n2C)c1C. The zero-order chi connectivity index (χ0) is 11.2. The van der Waals surface area contributed by atoms with Gasteiger partial charge in [-0.25, -0.2) is 0 Å². The van der Waals surface area contributed by atoms with Crippen LogP contribution in [-0.2, 0) is 7.05 Å². The van der Waals surface area contributed by atoms with Gasteiger partial charge in [-0.3, -0.25) is 4.79 Å². The number of hydrogen-bond donors (Lipinski definition) is 0. The van der Waals surface area contributed by atoms with Gasteiger partial charge in [0.15, 0.2) is 0 Å². The molecular formula is C11H13NO2S. The maximum atomic E-state index is 11.6. The third-order valence-corrected chi connectivity index (χ3v) is 3.82. The third kappa shape index (κ3) is 1.36. The first-order valence-electron chi connectivity index (χ1n) is 4.70. The summed E-state index contributed by atoms with van der Waals surface area (Å²) in [6.45, 7) is 3.98. The van der Waals surface area contributed by atoms with Crippen LogP contribution in [0.2, 0.25) is 0 Å². The molecule has 3 nitrogen and oxygen atoms in total. The van der Waals surface area contributed by atoms with Gasteiger partial charge in [0.1, 0.15) is 5.75 Å². The van der Waals surface area contributed by atoms with E-state index in [1.807, 2.05) is 19.9 Å². The first-order chi connectivity index (χ1) is 7.06. The lowest BCUT2D eigenvalue weighted by molar-refractivity contribution is 0.412. The number of aryl methyl sites for hydroxylation is 3. The first kappa shape index (κ1) is 10.2. The van der Waals surface area contributed by atoms with Gasteiger partial charge in [-0.15, -0.1) is 0 Å². The summed E-state index contributed by atoms with van der Waals surface area (Å²) < 4.78 is 8.00. The fourth-order valence-electron chi connectivity index (χ4n) is 1.84. The Labute approximate surface area is 91.9 Å². The minimum atomic E-state index is 0.0736. The summed E-state index contributed by atoms with van der Waals surface area (Å²) in [6, 6.07) is 1.98. The number of methoxy groups -OCH3 is 1. The Hall–Kier alpha value is -1.29. The smallest absolute Gasteiger partial charge is 0.307 e. The fraction of sp³-hybridized carbons (Fsp3) is 0.364. The zero-order valence-electron chi connectivity index (χ0n) is 9.25. The Bertz CT molecular complexity index is 580. The Morgan fingerprint density at radius 3 is 2.67 bits per heavy atom. The van der Waals surface area contributed by atoms with E-state index in [9.17, 15) is 4.79 Å². The van der Waals surface area contributed by atoms with Crippen LogP contribution in [0.3, 0.4) is 0 Å². The highest BCUT2D eigenvalue weighted by Gasteiger charge is 2.12. The molecule has 0 atom stereocenters. The van der Waals surface area contributed by atoms with Gasteiger partial charge in [-0.2, -0.15) is 0 Å². The van der Waals surface area contributed by atoms with E-state index < -0.39 is 0 Å². The van der Waals surface area contributed by atoms with E-state index >= 15 is 0 Å². The van der Waals surface area contributed by atoms with Crippen molar-refractivity contribution in [3.8, 4) is 5.75 Å². The Kier molecular flexibility index (Phi) is 2.31. The number of rotatable bonds is 1. The number of nitrogens with zero attached hydrogens (tertiary/aromatic N) is 1. The molecule has 0 aliphatic carbocycles. The average Bonchev–Trinajstić information content (AvgIpc) is 2.50. The lowest BCUT2D eigenvalue weighted by Crippen LogP contribution is -2.07. The molecule has 4 heteroatoms. The van der Waals surface area contributed by atoms with Crippen molar-refractivity contribution in [3.05, 3.63) is 26.9 Å². The molecule has 0 radical (unpaired) electrons. The van der Waals surface area contributed by atoms with Crippen LogP contribution in [0.25, 0.3) is 10.2 Å². The van der Waals surface area contributed by atoms with Crippen LogP contribution in [0.4, 0.5) is 0 Å². The molecule has 15 heavy (non-hydrogen) atoms. The molecule has 1 aromatic carbocycles. The van der Waals surface area contributed by atoms with Crippen LogP contribution < -0.4 is 9.61 Å². The van der Waals surface area contributed by atoms with Gasteiger partial charge in [0.05, 0.1) is 17.3 Å². The highest BCUT2D eigenvalue weighted by atomic mass is 32.1. The molecule has 0 aliphatic heterocycles. The van der Waals surface area contributed by atoms with E-state index in [2.05, 4.69) is 0 Å². The number of hydrogen-bond acceptors (Lipinski definition) is 3. The Balaban J connectivity index is 2.99. The van der Waals surface area contributed by atoms with E-state index in [1.54, 1.807) is 18.7 Å². The number of ether oxygens (including phenoxy) is 1. The van der Waals surface area contributed by atoms with Gasteiger partial charge in [0.2, 0.25) is 0 Å². The molecule has 80 valence electrons. The molecule has 1 aromatic heterocycles. The van der Waals surface area contributed by atoms with Gasteiger partial charge >= 0.3 is 4.87 Å². The maximum absolute atomic E-state index is 11.6. The van der Waals surface area contributed by atoms with Crippen molar-refractivity contribution in [2.75, 3.05) is 7.11 Å². The number of aromatic nitrogens is 1. The van der Waals surface area contributed by atoms with Crippen LogP contribution >= 0.6 is 11.3 Å². The highest BCUT2D eigenvalue weighted by molar-refractivity contribution is 7.16. The summed E-state index contributed by atoms with van der Waals surface area (Å²) >= 11 is 1.28. The van der Waals surface area contributed by atoms with E-state index in [0.717, 1.165) is 27.1 Å². The summed E-state index contributed by atoms with van der Waals surface area (Å²) in [7, 11) is 3.46. The maximum Gasteiger partial charge on any atom is 0.307 e. The normalized spacial score (nSPS) is 10.9. The second-order valence-electron chi connectivity index (χ2n) is 3.63. The molecule has 2 rings (SSSR count). The standard InChI is InChI=1S/C11H13NO2S/c1-6-5-8(14-4)7(2)10-9(6)12(3)11(13)15-10/h5H,1-4H3. The van der Waals surface area contributed by atoms with Crippen LogP contribution in [0.5, 0.6) is 5.75 Å². The van der Waals surface area contributed by atoms with Crippen molar-refractivity contribution in [1.82, 2.24) is 4.57 Å². The molecule has 2 aromatic rings. The summed E-state index contributed by atoms with van der Waals surface area (Å²) in [5, 5.41) is 0. The molecule has 0 spiro atoms. The van der Waals surface area contributed by atoms with Gasteiger partial charge in [0, 0.05) is 12.6 Å². The summed E-state index contributed by atoms with van der Waals surface area (Å²) in [5.41, 5.74) is 3.14. The summed E-state index contributed by atoms with van der Waals surface area (Å²) in [5.74, 6) is 0.849. The molecule has 0 saturated heterocycles. The van der Waals surface area contributed by atoms with E-state index in [4.69, 9.17) is 4.74 Å². The highest BCUT2D eigenvalue weighted by Crippen LogP contribution is 2.31. The number of benzene rings is 1. The third-order valence-electron chi connectivity index (χ3n) is 2.66. The van der Waals surface area contributed by atoms with Crippen molar-refractivity contribution in [2.45, 2.75) is 13.8 Å². The van der Waals surface area contributed by atoms with Crippen LogP contribution in [0, 0.1) is 13.8 Å². The van der Waals surface area contributed by atoms with Crippen LogP contribution in [0.1, 0.15) is 11.1 Å². The minimum Gasteiger partial charge on any atom is -0.496 e. The number of fused-ring (bicyclic) bond motifs is 1. The lowest BCUT2D eigenvalue weighted by atomic mass is 10.1. The van der Waals surface area contributed by atoms with Crippen molar-refractivity contribution < 1.29 is 4.74 Å². The van der Waals surface area contributed by atoms with Gasteiger partial charge in [-0.1, -0.05) is 11.3 Å². The van der Waals surface area contributed by atoms with Crippen LogP contribution in [-0.4, -0.2) is 11.7 Å². The van der Waals surface area contributed by atoms with E-state index in [1.165, 1.54) is 11.3 Å². The van der Waals surface area contributed by atoms with Gasteiger partial charge in [0.25, 0.3) is 0 Å². The quantitative estimate of drug-likeness (QED) is 0.742. The van der Waals surface area contributed by atoms with Gasteiger partial charge in [-0.05, 0) is 25.5 Å². The van der Waals surface area contributed by atoms with E-state index in [-0.39, 0.29) is 4.87 Å². The lowest BCUT2D eigenvalue weighted by Gasteiger charge is -2.08. The van der Waals surface area contributed by atoms with Crippen molar-refractivity contribution in [1.29, 1.82) is 0 Å². The molecular weight excluding hydrogens is 210 g/mol. The van der Waals surface area contributed by atoms with E-state index in [0.29, 0.717) is 0 Å². The Morgan fingerprint density at radius 1 is 1.40 bits per heavy atom. The fourth-order valence-corrected chi connectivity index (χ4v) is 2.89. The topological polar surface area (TPSA) is 31.2 Å². The predicted octanol–water partition coefficient (Wildman–Crippen LogP) is 2.23. The molecule has 0 fully saturated rings. The molecule has 0 amide bonds. The molecule has 0 aliphatic rings. The second-order valence-corrected chi connectivity index (χ2v) is 4.59. The molecule has 0 bridgehead atoms. The molecule has 0 unspecified atom stereocenters. The summed E-state index contributed by atoms with van der Waals surface area (Å²) in [4.78, 5) is 11.7. The molecule has 0 saturated carbocycles. The largest absolute Gasteiger partial charge is 0.496 e.